The Kier molecular flexibility index (Phi) is 9.47. The normalized spacial score (nSPS) is 16.6. The Hall–Kier alpha value is -4.40. The molecule has 2 unspecified atom stereocenters. The molecule has 2 aliphatic rings. The number of fused-ring (bicyclic) bond motifs is 2. The van der Waals surface area contributed by atoms with Crippen molar-refractivity contribution in [3.8, 4) is 23.7 Å². The first kappa shape index (κ1) is 34.7. The standard InChI is InChI=1S/2C23H15.C2H7Si.2ClH.Zr/c2*1-3-8-18(9-4-1)14-15-20-12-7-13-21-16-22(17-23(20)21)19-10-5-2-6-11-19;1-3-2;;;/h2*1-13,16-17H;3H,1-2H3;2*1H;/q;;;;;+2/p-2. The molecule has 0 nitrogen and oxygen atoms in total. The van der Waals surface area contributed by atoms with Crippen molar-refractivity contribution in [2.45, 2.75) is 20.3 Å². The van der Waals surface area contributed by atoms with Gasteiger partial charge in [0.2, 0.25) is 0 Å². The molecule has 6 aromatic carbocycles. The van der Waals surface area contributed by atoms with Crippen molar-refractivity contribution in [1.29, 1.82) is 0 Å². The molecule has 2 aliphatic carbocycles. The van der Waals surface area contributed by atoms with Gasteiger partial charge in [0.15, 0.2) is 0 Å². The zero-order valence-corrected chi connectivity index (χ0v) is 34.3. The average molecular weight is 804 g/mol. The summed E-state index contributed by atoms with van der Waals surface area (Å²) in [5, 5.41) is 0. The van der Waals surface area contributed by atoms with Gasteiger partial charge in [-0.3, -0.25) is 0 Å². The number of hydrogen-bond donors (Lipinski definition) is 0. The van der Waals surface area contributed by atoms with Gasteiger partial charge in [0.1, 0.15) is 0 Å². The van der Waals surface area contributed by atoms with Gasteiger partial charge in [-0.2, -0.15) is 0 Å². The zero-order chi connectivity index (χ0) is 35.7. The Morgan fingerprint density at radius 3 is 1.17 bits per heavy atom. The van der Waals surface area contributed by atoms with Crippen molar-refractivity contribution in [2.24, 2.45) is 0 Å². The molecule has 0 heterocycles. The van der Waals surface area contributed by atoms with Crippen LogP contribution >= 0.6 is 17.0 Å². The summed E-state index contributed by atoms with van der Waals surface area (Å²) in [4.78, 5) is 0. The molecular formula is C48H37Cl2SiZr. The van der Waals surface area contributed by atoms with Crippen LogP contribution in [0.25, 0.3) is 23.3 Å². The first-order valence-electron chi connectivity index (χ1n) is 17.8. The van der Waals surface area contributed by atoms with Crippen LogP contribution < -0.4 is 0 Å². The molecule has 8 rings (SSSR count). The van der Waals surface area contributed by atoms with Crippen LogP contribution in [0.1, 0.15) is 62.9 Å². The molecule has 0 fully saturated rings. The summed E-state index contributed by atoms with van der Waals surface area (Å²) in [5.41, 5.74) is 13.4. The van der Waals surface area contributed by atoms with E-state index in [9.17, 15) is 0 Å². The Labute approximate surface area is 316 Å². The van der Waals surface area contributed by atoms with Gasteiger partial charge in [0.05, 0.1) is 0 Å². The summed E-state index contributed by atoms with van der Waals surface area (Å²) >= 11 is -5.18. The second-order valence-electron chi connectivity index (χ2n) is 14.0. The van der Waals surface area contributed by atoms with E-state index in [-0.39, 0.29) is 7.25 Å². The Bertz CT molecular complexity index is 2310. The molecule has 0 radical (unpaired) electrons. The van der Waals surface area contributed by atoms with E-state index in [2.05, 4.69) is 170 Å². The van der Waals surface area contributed by atoms with Crippen molar-refractivity contribution in [1.82, 2.24) is 0 Å². The van der Waals surface area contributed by atoms with Crippen LogP contribution in [-0.4, -0.2) is 5.92 Å². The molecule has 2 atom stereocenters. The van der Waals surface area contributed by atoms with Gasteiger partial charge in [-0.05, 0) is 0 Å². The fourth-order valence-electron chi connectivity index (χ4n) is 8.13. The molecule has 0 spiro atoms. The predicted octanol–water partition coefficient (Wildman–Crippen LogP) is 12.4. The Balaban J connectivity index is 1.37. The number of allylic oxidation sites excluding steroid dienone is 2. The minimum absolute atomic E-state index is 0.130. The van der Waals surface area contributed by atoms with Crippen LogP contribution in [-0.2, 0) is 15.6 Å². The average Bonchev–Trinajstić information content (AvgIpc) is 3.80. The molecule has 0 aromatic heterocycles. The molecule has 0 saturated heterocycles. The molecule has 6 aromatic rings. The molecule has 52 heavy (non-hydrogen) atoms. The van der Waals surface area contributed by atoms with Crippen molar-refractivity contribution in [3.05, 3.63) is 213 Å². The van der Waals surface area contributed by atoms with Crippen molar-refractivity contribution in [2.75, 3.05) is 0 Å². The maximum absolute atomic E-state index is 8.82. The van der Waals surface area contributed by atoms with Crippen LogP contribution in [0.15, 0.2) is 158 Å². The van der Waals surface area contributed by atoms with Crippen LogP contribution in [0, 0.1) is 23.7 Å². The monoisotopic (exact) mass is 801 g/mol. The molecule has 0 N–H and O–H groups in total. The van der Waals surface area contributed by atoms with E-state index in [1.807, 2.05) is 36.4 Å². The summed E-state index contributed by atoms with van der Waals surface area (Å²) in [5.74, 6) is 12.1. The number of halogens is 2. The van der Waals surface area contributed by atoms with Crippen molar-refractivity contribution < 1.29 is 15.6 Å². The minimum atomic E-state index is -5.18. The third-order valence-electron chi connectivity index (χ3n) is 10.8. The topological polar surface area (TPSA) is 0 Å². The third-order valence-corrected chi connectivity index (χ3v) is 62.3. The van der Waals surface area contributed by atoms with Gasteiger partial charge in [-0.15, -0.1) is 0 Å². The first-order chi connectivity index (χ1) is 25.3. The van der Waals surface area contributed by atoms with Gasteiger partial charge in [-0.25, -0.2) is 0 Å². The molecule has 251 valence electrons. The number of benzene rings is 6. The van der Waals surface area contributed by atoms with E-state index in [1.54, 1.807) is 0 Å². The SMILES string of the molecule is C[SiH](C)[Zr]([Cl])([Cl])([CH]1C(c2ccccc2)=Cc2c(C#Cc3ccccc3)cccc21)[CH]1C(c2ccccc2)=Cc2c(C#Cc3ccccc3)cccc21. The van der Waals surface area contributed by atoms with Crippen LogP contribution in [0.5, 0.6) is 0 Å². The van der Waals surface area contributed by atoms with E-state index in [0.29, 0.717) is 0 Å². The van der Waals surface area contributed by atoms with Crippen LogP contribution in [0.2, 0.25) is 13.1 Å². The number of hydrogen-bond acceptors (Lipinski definition) is 0. The third kappa shape index (κ3) is 6.13. The summed E-state index contributed by atoms with van der Waals surface area (Å²) in [6.07, 6.45) is 4.70. The predicted molar refractivity (Wildman–Crippen MR) is 222 cm³/mol. The van der Waals surface area contributed by atoms with Gasteiger partial charge in [0, 0.05) is 0 Å². The quantitative estimate of drug-likeness (QED) is 0.120. The summed E-state index contributed by atoms with van der Waals surface area (Å²) in [6.45, 7) is 4.79. The summed E-state index contributed by atoms with van der Waals surface area (Å²) < 4.78 is -0.260. The summed E-state index contributed by atoms with van der Waals surface area (Å²) in [6, 6.07) is 54.9. The van der Waals surface area contributed by atoms with Gasteiger partial charge in [0.25, 0.3) is 0 Å². The Morgan fingerprint density at radius 1 is 0.442 bits per heavy atom. The fraction of sp³-hybridized carbons (Fsp3) is 0.0833. The molecule has 0 amide bonds. The number of rotatable bonds is 5. The van der Waals surface area contributed by atoms with E-state index in [0.717, 1.165) is 44.5 Å². The summed E-state index contributed by atoms with van der Waals surface area (Å²) in [7, 11) is 17.6. The molecular weight excluding hydrogens is 767 g/mol. The van der Waals surface area contributed by atoms with Crippen molar-refractivity contribution >= 4 is 46.2 Å². The molecule has 4 heteroatoms. The Morgan fingerprint density at radius 2 is 0.808 bits per heavy atom. The van der Waals surface area contributed by atoms with E-state index in [4.69, 9.17) is 17.0 Å². The van der Waals surface area contributed by atoms with Gasteiger partial charge in [-0.1, -0.05) is 0 Å². The fourth-order valence-corrected chi connectivity index (χ4v) is 38.2. The molecule has 0 bridgehead atoms. The van der Waals surface area contributed by atoms with Gasteiger partial charge >= 0.3 is 319 Å². The van der Waals surface area contributed by atoms with Crippen molar-refractivity contribution in [3.63, 3.8) is 0 Å². The van der Waals surface area contributed by atoms with Crippen LogP contribution in [0.4, 0.5) is 0 Å². The van der Waals surface area contributed by atoms with E-state index >= 15 is 0 Å². The van der Waals surface area contributed by atoms with E-state index in [1.165, 1.54) is 22.3 Å². The first-order valence-corrected chi connectivity index (χ1v) is 34.2. The second-order valence-corrected chi connectivity index (χ2v) is 56.5. The van der Waals surface area contributed by atoms with Gasteiger partial charge < -0.3 is 0 Å². The second kappa shape index (κ2) is 14.2. The van der Waals surface area contributed by atoms with E-state index < -0.39 is 21.5 Å². The molecule has 0 aliphatic heterocycles. The zero-order valence-electron chi connectivity index (χ0n) is 29.2. The maximum atomic E-state index is 8.82. The molecule has 0 saturated carbocycles. The van der Waals surface area contributed by atoms with Crippen LogP contribution in [0.3, 0.4) is 0 Å².